The molecule has 6 nitrogen and oxygen atoms in total. The summed E-state index contributed by atoms with van der Waals surface area (Å²) >= 11 is 0. The van der Waals surface area contributed by atoms with Gasteiger partial charge in [0.2, 0.25) is 10.0 Å². The highest BCUT2D eigenvalue weighted by atomic mass is 32.2. The van der Waals surface area contributed by atoms with E-state index in [2.05, 4.69) is 6.58 Å². The molecule has 0 atom stereocenters. The molecular formula is C22H26N2O4S. The van der Waals surface area contributed by atoms with Crippen molar-refractivity contribution < 1.29 is 17.9 Å². The van der Waals surface area contributed by atoms with Gasteiger partial charge in [0.15, 0.2) is 0 Å². The normalized spacial score (nSPS) is 15.2. The smallest absolute Gasteiger partial charge is 0.253 e. The molecule has 1 amide bonds. The number of allylic oxidation sites excluding steroid dienone is 1. The zero-order valence-electron chi connectivity index (χ0n) is 16.8. The van der Waals surface area contributed by atoms with Crippen LogP contribution in [0.2, 0.25) is 0 Å². The van der Waals surface area contributed by atoms with Gasteiger partial charge >= 0.3 is 0 Å². The molecule has 7 heteroatoms. The van der Waals surface area contributed by atoms with Crippen LogP contribution >= 0.6 is 0 Å². The number of hydrogen-bond donors (Lipinski definition) is 0. The molecule has 0 spiro atoms. The molecule has 2 aromatic rings. The Balaban J connectivity index is 1.70. The maximum Gasteiger partial charge on any atom is 0.253 e. The summed E-state index contributed by atoms with van der Waals surface area (Å²) in [4.78, 5) is 14.9. The molecule has 0 radical (unpaired) electrons. The Labute approximate surface area is 172 Å². The van der Waals surface area contributed by atoms with Crippen LogP contribution in [0, 0.1) is 6.92 Å². The van der Waals surface area contributed by atoms with E-state index in [1.807, 2.05) is 13.0 Å². The van der Waals surface area contributed by atoms with Crippen LogP contribution in [0.4, 0.5) is 0 Å². The molecule has 0 saturated carbocycles. The van der Waals surface area contributed by atoms with Gasteiger partial charge in [0, 0.05) is 31.7 Å². The van der Waals surface area contributed by atoms with E-state index in [0.29, 0.717) is 25.1 Å². The van der Waals surface area contributed by atoms with Gasteiger partial charge in [0.1, 0.15) is 5.75 Å². The van der Waals surface area contributed by atoms with Gasteiger partial charge in [-0.25, -0.2) is 8.42 Å². The van der Waals surface area contributed by atoms with Crippen LogP contribution in [0.5, 0.6) is 5.75 Å². The van der Waals surface area contributed by atoms with Crippen LogP contribution in [0.3, 0.4) is 0 Å². The van der Waals surface area contributed by atoms with Gasteiger partial charge in [-0.2, -0.15) is 4.31 Å². The predicted molar refractivity (Wildman–Crippen MR) is 113 cm³/mol. The summed E-state index contributed by atoms with van der Waals surface area (Å²) in [7, 11) is -1.95. The van der Waals surface area contributed by atoms with E-state index < -0.39 is 10.0 Å². The van der Waals surface area contributed by atoms with Crippen LogP contribution in [-0.4, -0.2) is 56.8 Å². The van der Waals surface area contributed by atoms with Crippen molar-refractivity contribution in [2.24, 2.45) is 0 Å². The fourth-order valence-electron chi connectivity index (χ4n) is 3.40. The van der Waals surface area contributed by atoms with Gasteiger partial charge in [0.05, 0.1) is 12.0 Å². The third kappa shape index (κ3) is 4.52. The van der Waals surface area contributed by atoms with Gasteiger partial charge in [-0.3, -0.25) is 4.79 Å². The largest absolute Gasteiger partial charge is 0.496 e. The number of nitrogens with zero attached hydrogens (tertiary/aromatic N) is 2. The minimum Gasteiger partial charge on any atom is -0.496 e. The number of carbonyl (C=O) groups excluding carboxylic acids is 1. The molecule has 1 fully saturated rings. The Morgan fingerprint density at radius 2 is 1.76 bits per heavy atom. The Kier molecular flexibility index (Phi) is 6.39. The lowest BCUT2D eigenvalue weighted by Gasteiger charge is -2.34. The lowest BCUT2D eigenvalue weighted by Crippen LogP contribution is -2.50. The number of ether oxygens (including phenoxy) is 1. The van der Waals surface area contributed by atoms with E-state index >= 15 is 0 Å². The minimum atomic E-state index is -3.55. The highest BCUT2D eigenvalue weighted by Crippen LogP contribution is 2.23. The second-order valence-corrected chi connectivity index (χ2v) is 8.97. The standard InChI is InChI=1S/C22H26N2O4S/c1-4-5-18-16-19(8-11-21(18)28-3)22(25)23-12-14-24(15-13-23)29(26,27)20-9-6-17(2)7-10-20/h4,6-11,16H,1,5,12-15H2,2-3H3. The van der Waals surface area contributed by atoms with E-state index in [0.717, 1.165) is 16.9 Å². The van der Waals surface area contributed by atoms with Crippen molar-refractivity contribution in [3.05, 3.63) is 71.8 Å². The molecule has 0 aliphatic carbocycles. The number of hydrogen-bond acceptors (Lipinski definition) is 4. The molecule has 0 aromatic heterocycles. The summed E-state index contributed by atoms with van der Waals surface area (Å²) in [6.07, 6.45) is 2.37. The van der Waals surface area contributed by atoms with Crippen molar-refractivity contribution >= 4 is 15.9 Å². The summed E-state index contributed by atoms with van der Waals surface area (Å²) in [5.41, 5.74) is 2.47. The Morgan fingerprint density at radius 1 is 1.10 bits per heavy atom. The SMILES string of the molecule is C=CCc1cc(C(=O)N2CCN(S(=O)(=O)c3ccc(C)cc3)CC2)ccc1OC. The summed E-state index contributed by atoms with van der Waals surface area (Å²) < 4.78 is 32.4. The summed E-state index contributed by atoms with van der Waals surface area (Å²) in [6.45, 7) is 6.92. The quantitative estimate of drug-likeness (QED) is 0.682. The lowest BCUT2D eigenvalue weighted by atomic mass is 10.1. The van der Waals surface area contributed by atoms with E-state index in [1.165, 1.54) is 4.31 Å². The molecule has 0 N–H and O–H groups in total. The molecule has 1 aliphatic heterocycles. The number of sulfonamides is 1. The molecule has 29 heavy (non-hydrogen) atoms. The van der Waals surface area contributed by atoms with Gasteiger partial charge < -0.3 is 9.64 Å². The van der Waals surface area contributed by atoms with Crippen LogP contribution in [-0.2, 0) is 16.4 Å². The fourth-order valence-corrected chi connectivity index (χ4v) is 4.82. The third-order valence-electron chi connectivity index (χ3n) is 5.08. The minimum absolute atomic E-state index is 0.106. The van der Waals surface area contributed by atoms with Crippen LogP contribution in [0.15, 0.2) is 60.0 Å². The van der Waals surface area contributed by atoms with Gasteiger partial charge in [-0.1, -0.05) is 23.8 Å². The Morgan fingerprint density at radius 3 is 2.34 bits per heavy atom. The van der Waals surface area contributed by atoms with Gasteiger partial charge in [-0.15, -0.1) is 6.58 Å². The number of amides is 1. The number of benzene rings is 2. The van der Waals surface area contributed by atoms with Crippen LogP contribution in [0.25, 0.3) is 0 Å². The lowest BCUT2D eigenvalue weighted by molar-refractivity contribution is 0.0697. The van der Waals surface area contributed by atoms with Crippen molar-refractivity contribution in [3.63, 3.8) is 0 Å². The number of carbonyl (C=O) groups is 1. The number of piperazine rings is 1. The predicted octanol–water partition coefficient (Wildman–Crippen LogP) is 2.88. The molecule has 1 saturated heterocycles. The van der Waals surface area contributed by atoms with Crippen LogP contribution < -0.4 is 4.74 Å². The van der Waals surface area contributed by atoms with Crippen molar-refractivity contribution in [2.45, 2.75) is 18.2 Å². The van der Waals surface area contributed by atoms with Gasteiger partial charge in [-0.05, 0) is 49.2 Å². The molecule has 0 bridgehead atoms. The first-order chi connectivity index (χ1) is 13.9. The highest BCUT2D eigenvalue weighted by Gasteiger charge is 2.30. The number of rotatable bonds is 6. The second-order valence-electron chi connectivity index (χ2n) is 7.03. The zero-order chi connectivity index (χ0) is 21.0. The van der Waals surface area contributed by atoms with Gasteiger partial charge in [0.25, 0.3) is 5.91 Å². The molecule has 2 aromatic carbocycles. The van der Waals surface area contributed by atoms with Crippen LogP contribution in [0.1, 0.15) is 21.5 Å². The topological polar surface area (TPSA) is 66.9 Å². The molecule has 154 valence electrons. The Hall–Kier alpha value is -2.64. The first-order valence-electron chi connectivity index (χ1n) is 9.50. The summed E-state index contributed by atoms with van der Waals surface area (Å²) in [5.74, 6) is 0.612. The van der Waals surface area contributed by atoms with E-state index in [4.69, 9.17) is 4.74 Å². The number of aryl methyl sites for hydroxylation is 1. The number of methoxy groups -OCH3 is 1. The monoisotopic (exact) mass is 414 g/mol. The molecule has 0 unspecified atom stereocenters. The maximum absolute atomic E-state index is 12.9. The maximum atomic E-state index is 12.9. The third-order valence-corrected chi connectivity index (χ3v) is 6.99. The highest BCUT2D eigenvalue weighted by molar-refractivity contribution is 7.89. The first kappa shape index (κ1) is 21.1. The Bertz CT molecular complexity index is 992. The van der Waals surface area contributed by atoms with E-state index in [-0.39, 0.29) is 23.9 Å². The van der Waals surface area contributed by atoms with Crippen molar-refractivity contribution in [2.75, 3.05) is 33.3 Å². The summed E-state index contributed by atoms with van der Waals surface area (Å²) in [6, 6.07) is 12.2. The van der Waals surface area contributed by atoms with Crippen molar-refractivity contribution in [3.8, 4) is 5.75 Å². The first-order valence-corrected chi connectivity index (χ1v) is 10.9. The van der Waals surface area contributed by atoms with Crippen molar-refractivity contribution in [1.82, 2.24) is 9.21 Å². The average Bonchev–Trinajstić information content (AvgIpc) is 2.74. The second kappa shape index (κ2) is 8.80. The summed E-state index contributed by atoms with van der Waals surface area (Å²) in [5, 5.41) is 0. The molecule has 1 aliphatic rings. The zero-order valence-corrected chi connectivity index (χ0v) is 17.6. The van der Waals surface area contributed by atoms with Crippen molar-refractivity contribution in [1.29, 1.82) is 0 Å². The van der Waals surface area contributed by atoms with E-state index in [1.54, 1.807) is 54.5 Å². The molecular weight excluding hydrogens is 388 g/mol. The fraction of sp³-hybridized carbons (Fsp3) is 0.318. The molecule has 1 heterocycles. The molecule has 3 rings (SSSR count). The van der Waals surface area contributed by atoms with E-state index in [9.17, 15) is 13.2 Å². The average molecular weight is 415 g/mol.